The summed E-state index contributed by atoms with van der Waals surface area (Å²) in [5, 5.41) is 0.767. The molecule has 3 aromatic carbocycles. The summed E-state index contributed by atoms with van der Waals surface area (Å²) in [5.41, 5.74) is 2.44. The van der Waals surface area contributed by atoms with Gasteiger partial charge in [0.05, 0.1) is 51.6 Å². The zero-order valence-corrected chi connectivity index (χ0v) is 23.5. The quantitative estimate of drug-likeness (QED) is 0.290. The molecule has 1 aliphatic rings. The Labute approximate surface area is 237 Å². The lowest BCUT2D eigenvalue weighted by Gasteiger charge is -2.26. The molecule has 39 heavy (non-hydrogen) atoms. The predicted octanol–water partition coefficient (Wildman–Crippen LogP) is 5.99. The van der Waals surface area contributed by atoms with Crippen LogP contribution in [0.15, 0.2) is 54.6 Å². The van der Waals surface area contributed by atoms with Gasteiger partial charge in [-0.2, -0.15) is 0 Å². The smallest absolute Gasteiger partial charge is 0.308 e. The highest BCUT2D eigenvalue weighted by Gasteiger charge is 2.39. The van der Waals surface area contributed by atoms with E-state index < -0.39 is 24.1 Å². The third-order valence-electron chi connectivity index (χ3n) is 6.38. The fraction of sp³-hybridized carbons (Fsp3) is 0.310. The number of carbonyl (C=O) groups excluding carboxylic acids is 2. The van der Waals surface area contributed by atoms with Crippen molar-refractivity contribution >= 4 is 40.8 Å². The number of hydrogen-bond acceptors (Lipinski definition) is 7. The van der Waals surface area contributed by atoms with E-state index in [-0.39, 0.29) is 19.6 Å². The molecule has 0 saturated heterocycles. The van der Waals surface area contributed by atoms with Crippen molar-refractivity contribution in [1.82, 2.24) is 0 Å². The molecule has 0 aliphatic carbocycles. The van der Waals surface area contributed by atoms with Crippen LogP contribution < -0.4 is 19.1 Å². The third-order valence-corrected chi connectivity index (χ3v) is 7.02. The van der Waals surface area contributed by atoms with Gasteiger partial charge in [-0.25, -0.2) is 0 Å². The van der Waals surface area contributed by atoms with E-state index in [1.807, 2.05) is 6.07 Å². The number of amides is 1. The number of rotatable bonds is 9. The summed E-state index contributed by atoms with van der Waals surface area (Å²) in [4.78, 5) is 28.2. The van der Waals surface area contributed by atoms with Crippen molar-refractivity contribution < 1.29 is 33.3 Å². The highest BCUT2D eigenvalue weighted by Crippen LogP contribution is 2.44. The van der Waals surface area contributed by atoms with Crippen LogP contribution in [0.2, 0.25) is 10.0 Å². The average molecular weight is 574 g/mol. The minimum atomic E-state index is -1.17. The first-order chi connectivity index (χ1) is 18.8. The number of ether oxygens (including phenoxy) is 5. The zero-order valence-electron chi connectivity index (χ0n) is 22.0. The number of halogens is 2. The van der Waals surface area contributed by atoms with Crippen molar-refractivity contribution in [2.24, 2.45) is 0 Å². The lowest BCUT2D eigenvalue weighted by Crippen LogP contribution is -2.40. The Morgan fingerprint density at radius 1 is 0.949 bits per heavy atom. The minimum absolute atomic E-state index is 0.127. The van der Waals surface area contributed by atoms with Crippen molar-refractivity contribution in [3.8, 4) is 17.2 Å². The molecule has 206 valence electrons. The summed E-state index contributed by atoms with van der Waals surface area (Å²) in [6.07, 6.45) is -2.30. The summed E-state index contributed by atoms with van der Waals surface area (Å²) in [5.74, 6) is 0.611. The van der Waals surface area contributed by atoms with Gasteiger partial charge in [-0.3, -0.25) is 9.59 Å². The second kappa shape index (κ2) is 12.6. The van der Waals surface area contributed by atoms with Crippen LogP contribution in [0.3, 0.4) is 0 Å². The Bertz CT molecular complexity index is 1360. The normalized spacial score (nSPS) is 16.8. The molecule has 0 bridgehead atoms. The van der Waals surface area contributed by atoms with Crippen LogP contribution in [-0.2, 0) is 25.6 Å². The fourth-order valence-corrected chi connectivity index (χ4v) is 5.00. The molecule has 0 saturated carbocycles. The molecule has 10 heteroatoms. The maximum atomic E-state index is 14.1. The van der Waals surface area contributed by atoms with Crippen LogP contribution in [0.4, 0.5) is 5.69 Å². The molecule has 8 nitrogen and oxygen atoms in total. The van der Waals surface area contributed by atoms with Gasteiger partial charge in [-0.1, -0.05) is 35.3 Å². The van der Waals surface area contributed by atoms with Gasteiger partial charge in [-0.15, -0.1) is 0 Å². The number of hydrogen-bond donors (Lipinski definition) is 0. The second-order valence-electron chi connectivity index (χ2n) is 8.68. The van der Waals surface area contributed by atoms with E-state index >= 15 is 0 Å². The molecule has 2 unspecified atom stereocenters. The van der Waals surface area contributed by atoms with Crippen LogP contribution in [0.5, 0.6) is 17.2 Å². The second-order valence-corrected chi connectivity index (χ2v) is 9.50. The number of benzene rings is 3. The molecule has 1 heterocycles. The van der Waals surface area contributed by atoms with E-state index in [1.165, 1.54) is 7.11 Å². The zero-order chi connectivity index (χ0) is 28.1. The van der Waals surface area contributed by atoms with Crippen molar-refractivity contribution in [2.45, 2.75) is 32.1 Å². The summed E-state index contributed by atoms with van der Waals surface area (Å²) < 4.78 is 27.9. The first-order valence-corrected chi connectivity index (χ1v) is 13.0. The van der Waals surface area contributed by atoms with Gasteiger partial charge in [0, 0.05) is 27.8 Å². The summed E-state index contributed by atoms with van der Waals surface area (Å²) in [6.45, 7) is 2.00. The Hall–Kier alpha value is -3.46. The molecule has 1 amide bonds. The van der Waals surface area contributed by atoms with Crippen molar-refractivity contribution in [1.29, 1.82) is 0 Å². The largest absolute Gasteiger partial charge is 0.497 e. The fourth-order valence-electron chi connectivity index (χ4n) is 4.52. The van der Waals surface area contributed by atoms with E-state index in [4.69, 9.17) is 46.9 Å². The first kappa shape index (κ1) is 28.5. The van der Waals surface area contributed by atoms with Crippen molar-refractivity contribution in [2.75, 3.05) is 32.8 Å². The van der Waals surface area contributed by atoms with Gasteiger partial charge >= 0.3 is 5.97 Å². The van der Waals surface area contributed by atoms with E-state index in [2.05, 4.69) is 0 Å². The monoisotopic (exact) mass is 573 g/mol. The lowest BCUT2D eigenvalue weighted by atomic mass is 9.98. The highest BCUT2D eigenvalue weighted by atomic mass is 35.5. The Kier molecular flexibility index (Phi) is 9.22. The van der Waals surface area contributed by atoms with Gasteiger partial charge in [-0.05, 0) is 43.3 Å². The van der Waals surface area contributed by atoms with E-state index in [1.54, 1.807) is 74.6 Å². The van der Waals surface area contributed by atoms with Crippen LogP contribution in [0, 0.1) is 0 Å². The summed E-state index contributed by atoms with van der Waals surface area (Å²) in [6, 6.07) is 15.8. The van der Waals surface area contributed by atoms with Crippen LogP contribution in [0.1, 0.15) is 36.1 Å². The van der Waals surface area contributed by atoms with Gasteiger partial charge in [0.1, 0.15) is 29.5 Å². The molecule has 0 fully saturated rings. The Morgan fingerprint density at radius 3 is 2.41 bits per heavy atom. The topological polar surface area (TPSA) is 83.5 Å². The van der Waals surface area contributed by atoms with Gasteiger partial charge in [0.25, 0.3) is 5.91 Å². The van der Waals surface area contributed by atoms with Crippen molar-refractivity contribution in [3.63, 3.8) is 0 Å². The molecular weight excluding hydrogens is 545 g/mol. The van der Waals surface area contributed by atoms with Gasteiger partial charge < -0.3 is 28.6 Å². The molecule has 3 aromatic rings. The molecule has 4 rings (SSSR count). The van der Waals surface area contributed by atoms with E-state index in [0.29, 0.717) is 44.1 Å². The molecule has 2 atom stereocenters. The average Bonchev–Trinajstić information content (AvgIpc) is 3.04. The number of nitrogens with zero attached hydrogens (tertiary/aromatic N) is 1. The predicted molar refractivity (Wildman–Crippen MR) is 148 cm³/mol. The van der Waals surface area contributed by atoms with Crippen LogP contribution in [0.25, 0.3) is 0 Å². The maximum absolute atomic E-state index is 14.1. The maximum Gasteiger partial charge on any atom is 0.308 e. The molecule has 0 spiro atoms. The first-order valence-electron chi connectivity index (χ1n) is 12.3. The number of anilines is 1. The standard InChI is InChI=1S/C29H29Cl2NO7/c1-5-38-26(33)15-25-29(34)32(16-17-9-11-19(35-2)14-24(17)37-4)22-12-10-18(30)13-21(22)28(39-25)20-7-6-8-23(36-3)27(20)31/h6-14,25,28H,5,15-16H2,1-4H3. The van der Waals surface area contributed by atoms with E-state index in [9.17, 15) is 9.59 Å². The van der Waals surface area contributed by atoms with Gasteiger partial charge in [0.2, 0.25) is 0 Å². The number of fused-ring (bicyclic) bond motifs is 1. The number of methoxy groups -OCH3 is 3. The van der Waals surface area contributed by atoms with Crippen LogP contribution in [-0.4, -0.2) is 45.9 Å². The van der Waals surface area contributed by atoms with E-state index in [0.717, 1.165) is 5.56 Å². The molecular formula is C29H29Cl2NO7. The third kappa shape index (κ3) is 6.08. The van der Waals surface area contributed by atoms with Gasteiger partial charge in [0.15, 0.2) is 0 Å². The van der Waals surface area contributed by atoms with Crippen molar-refractivity contribution in [3.05, 3.63) is 81.3 Å². The molecule has 1 aliphatic heterocycles. The van der Waals surface area contributed by atoms with Crippen LogP contribution >= 0.6 is 23.2 Å². The Morgan fingerprint density at radius 2 is 1.72 bits per heavy atom. The lowest BCUT2D eigenvalue weighted by molar-refractivity contribution is -0.151. The number of carbonyl (C=O) groups is 2. The Balaban J connectivity index is 1.88. The summed E-state index contributed by atoms with van der Waals surface area (Å²) >= 11 is 13.2. The molecule has 0 radical (unpaired) electrons. The SMILES string of the molecule is CCOC(=O)CC1OC(c2cccc(OC)c2Cl)c2cc(Cl)ccc2N(Cc2ccc(OC)cc2OC)C1=O. The summed E-state index contributed by atoms with van der Waals surface area (Å²) in [7, 11) is 4.62. The highest BCUT2D eigenvalue weighted by molar-refractivity contribution is 6.33. The molecule has 0 aromatic heterocycles. The minimum Gasteiger partial charge on any atom is -0.497 e. The number of esters is 1. The molecule has 0 N–H and O–H groups in total.